The number of thiazole rings is 1. The first-order valence-corrected chi connectivity index (χ1v) is 9.22. The molecule has 7 heteroatoms. The van der Waals surface area contributed by atoms with Gasteiger partial charge in [0.2, 0.25) is 0 Å². The number of halogens is 1. The van der Waals surface area contributed by atoms with Crippen LogP contribution in [0.15, 0.2) is 35.3 Å². The van der Waals surface area contributed by atoms with Crippen LogP contribution in [-0.4, -0.2) is 46.7 Å². The molecule has 136 valence electrons. The van der Waals surface area contributed by atoms with Crippen LogP contribution in [0.2, 0.25) is 0 Å². The van der Waals surface area contributed by atoms with E-state index in [1.54, 1.807) is 11.3 Å². The third-order valence-electron chi connectivity index (χ3n) is 4.08. The first-order valence-electron chi connectivity index (χ1n) is 8.40. The number of aliphatic imine (C=N–C) groups is 1. The minimum atomic E-state index is -0.247. The van der Waals surface area contributed by atoms with Gasteiger partial charge in [0.25, 0.3) is 0 Å². The number of guanidine groups is 1. The first-order chi connectivity index (χ1) is 11.7. The van der Waals surface area contributed by atoms with Gasteiger partial charge in [0, 0.05) is 30.1 Å². The average molecular weight is 472 g/mol. The maximum atomic E-state index is 9.74. The highest BCUT2D eigenvalue weighted by Crippen LogP contribution is 2.28. The molecule has 1 aliphatic rings. The number of nitrogens with zero attached hydrogens (tertiary/aromatic N) is 3. The molecule has 25 heavy (non-hydrogen) atoms. The molecule has 0 radical (unpaired) electrons. The Hall–Kier alpha value is -1.19. The fraction of sp³-hybridized carbons (Fsp3) is 0.444. The molecule has 0 spiro atoms. The molecule has 0 amide bonds. The van der Waals surface area contributed by atoms with E-state index in [4.69, 9.17) is 4.99 Å². The Labute approximate surface area is 170 Å². The Kier molecular flexibility index (Phi) is 7.64. The number of likely N-dealkylation sites (tertiary alicyclic amines) is 1. The van der Waals surface area contributed by atoms with Crippen LogP contribution >= 0.6 is 35.3 Å². The van der Waals surface area contributed by atoms with Gasteiger partial charge in [0.1, 0.15) is 5.01 Å². The minimum absolute atomic E-state index is 0. The second-order valence-electron chi connectivity index (χ2n) is 5.95. The molecule has 1 fully saturated rings. The Morgan fingerprint density at radius 2 is 2.16 bits per heavy atom. The van der Waals surface area contributed by atoms with E-state index in [0.29, 0.717) is 13.1 Å². The molecular formula is C18H25IN4OS. The van der Waals surface area contributed by atoms with Crippen molar-refractivity contribution in [1.29, 1.82) is 0 Å². The lowest BCUT2D eigenvalue weighted by atomic mass is 10.2. The molecule has 2 N–H and O–H groups in total. The Balaban J connectivity index is 0.00000225. The summed E-state index contributed by atoms with van der Waals surface area (Å²) < 4.78 is 0. The van der Waals surface area contributed by atoms with Crippen molar-refractivity contribution in [3.63, 3.8) is 0 Å². The number of aliphatic hydroxyl groups excluding tert-OH is 1. The molecular weight excluding hydrogens is 447 g/mol. The quantitative estimate of drug-likeness (QED) is 0.408. The molecule has 0 aliphatic carbocycles. The number of aliphatic hydroxyl groups is 1. The largest absolute Gasteiger partial charge is 0.391 e. The summed E-state index contributed by atoms with van der Waals surface area (Å²) in [5, 5.41) is 14.1. The van der Waals surface area contributed by atoms with Gasteiger partial charge in [-0.2, -0.15) is 0 Å². The summed E-state index contributed by atoms with van der Waals surface area (Å²) in [7, 11) is 0. The number of aryl methyl sites for hydroxylation is 1. The standard InChI is InChI=1S/C18H24N4OS.HI/c1-3-19-18(22-10-9-15(23)12-22)20-11-16-13(2)21-17(24-16)14-7-5-4-6-8-14;/h4-8,15,23H,3,9-12H2,1-2H3,(H,19,20);1H/t15-;/m1./s1. The lowest BCUT2D eigenvalue weighted by molar-refractivity contribution is 0.188. The normalized spacial score (nSPS) is 17.5. The van der Waals surface area contributed by atoms with Gasteiger partial charge in [-0.3, -0.25) is 0 Å². The minimum Gasteiger partial charge on any atom is -0.391 e. The van der Waals surface area contributed by atoms with Crippen molar-refractivity contribution in [1.82, 2.24) is 15.2 Å². The summed E-state index contributed by atoms with van der Waals surface area (Å²) in [5.74, 6) is 0.878. The topological polar surface area (TPSA) is 60.8 Å². The lowest BCUT2D eigenvalue weighted by Crippen LogP contribution is -2.40. The third kappa shape index (κ3) is 5.15. The van der Waals surface area contributed by atoms with Crippen molar-refractivity contribution in [3.05, 3.63) is 40.9 Å². The van der Waals surface area contributed by atoms with Gasteiger partial charge in [-0.05, 0) is 20.3 Å². The van der Waals surface area contributed by atoms with Crippen molar-refractivity contribution in [2.24, 2.45) is 4.99 Å². The van der Waals surface area contributed by atoms with Gasteiger partial charge in [-0.25, -0.2) is 9.98 Å². The zero-order valence-corrected chi connectivity index (χ0v) is 17.8. The lowest BCUT2D eigenvalue weighted by Gasteiger charge is -2.20. The van der Waals surface area contributed by atoms with Crippen molar-refractivity contribution >= 4 is 41.3 Å². The zero-order valence-electron chi connectivity index (χ0n) is 14.6. The molecule has 1 saturated heterocycles. The molecule has 0 bridgehead atoms. The summed E-state index contributed by atoms with van der Waals surface area (Å²) in [6.07, 6.45) is 0.561. The van der Waals surface area contributed by atoms with E-state index in [0.717, 1.165) is 41.7 Å². The number of nitrogens with one attached hydrogen (secondary N) is 1. The smallest absolute Gasteiger partial charge is 0.194 e. The van der Waals surface area contributed by atoms with Crippen LogP contribution in [0.3, 0.4) is 0 Å². The van der Waals surface area contributed by atoms with Crippen LogP contribution in [0.1, 0.15) is 23.9 Å². The number of aromatic nitrogens is 1. The molecule has 1 aromatic carbocycles. The fourth-order valence-electron chi connectivity index (χ4n) is 2.79. The fourth-order valence-corrected chi connectivity index (χ4v) is 3.78. The van der Waals surface area contributed by atoms with Gasteiger partial charge in [-0.15, -0.1) is 35.3 Å². The van der Waals surface area contributed by atoms with Crippen molar-refractivity contribution in [2.75, 3.05) is 19.6 Å². The first kappa shape index (κ1) is 20.1. The molecule has 1 aliphatic heterocycles. The summed E-state index contributed by atoms with van der Waals surface area (Å²) in [4.78, 5) is 12.8. The number of hydrogen-bond donors (Lipinski definition) is 2. The maximum Gasteiger partial charge on any atom is 0.194 e. The van der Waals surface area contributed by atoms with E-state index in [9.17, 15) is 5.11 Å². The molecule has 0 saturated carbocycles. The second-order valence-corrected chi connectivity index (χ2v) is 7.04. The van der Waals surface area contributed by atoms with E-state index in [1.165, 1.54) is 4.88 Å². The second kappa shape index (κ2) is 9.49. The number of β-amino-alcohol motifs (C(OH)–C–C–N with tert-alkyl or cyclic N) is 1. The highest BCUT2D eigenvalue weighted by Gasteiger charge is 2.22. The van der Waals surface area contributed by atoms with Crippen LogP contribution in [0.5, 0.6) is 0 Å². The van der Waals surface area contributed by atoms with Gasteiger partial charge in [0.15, 0.2) is 5.96 Å². The van der Waals surface area contributed by atoms with E-state index >= 15 is 0 Å². The Morgan fingerprint density at radius 1 is 1.40 bits per heavy atom. The zero-order chi connectivity index (χ0) is 16.9. The van der Waals surface area contributed by atoms with E-state index in [1.807, 2.05) is 25.1 Å². The highest BCUT2D eigenvalue weighted by atomic mass is 127. The maximum absolute atomic E-state index is 9.74. The van der Waals surface area contributed by atoms with Crippen LogP contribution < -0.4 is 5.32 Å². The van der Waals surface area contributed by atoms with Gasteiger partial charge in [-0.1, -0.05) is 30.3 Å². The van der Waals surface area contributed by atoms with E-state index in [2.05, 4.69) is 34.3 Å². The summed E-state index contributed by atoms with van der Waals surface area (Å²) in [6, 6.07) is 10.3. The SMILES string of the molecule is CCNC(=NCc1sc(-c2ccccc2)nc1C)N1CC[C@@H](O)C1.I. The summed E-state index contributed by atoms with van der Waals surface area (Å²) in [5.41, 5.74) is 2.19. The van der Waals surface area contributed by atoms with E-state index in [-0.39, 0.29) is 30.1 Å². The van der Waals surface area contributed by atoms with Gasteiger partial charge >= 0.3 is 0 Å². The molecule has 1 aromatic heterocycles. The molecule has 1 atom stereocenters. The monoisotopic (exact) mass is 472 g/mol. The molecule has 2 aromatic rings. The highest BCUT2D eigenvalue weighted by molar-refractivity contribution is 14.0. The predicted octanol–water partition coefficient (Wildman–Crippen LogP) is 3.27. The predicted molar refractivity (Wildman–Crippen MR) is 115 cm³/mol. The van der Waals surface area contributed by atoms with Crippen LogP contribution in [-0.2, 0) is 6.54 Å². The van der Waals surface area contributed by atoms with Gasteiger partial charge in [0.05, 0.1) is 18.3 Å². The average Bonchev–Trinajstić information content (AvgIpc) is 3.18. The van der Waals surface area contributed by atoms with Crippen LogP contribution in [0.25, 0.3) is 10.6 Å². The summed E-state index contributed by atoms with van der Waals surface area (Å²) >= 11 is 1.70. The molecule has 2 heterocycles. The Bertz CT molecular complexity index is 704. The molecule has 5 nitrogen and oxygen atoms in total. The Morgan fingerprint density at radius 3 is 2.80 bits per heavy atom. The molecule has 0 unspecified atom stereocenters. The van der Waals surface area contributed by atoms with Crippen molar-refractivity contribution in [3.8, 4) is 10.6 Å². The van der Waals surface area contributed by atoms with E-state index < -0.39 is 0 Å². The van der Waals surface area contributed by atoms with Crippen LogP contribution in [0, 0.1) is 6.92 Å². The number of rotatable bonds is 4. The number of benzene rings is 1. The molecule has 3 rings (SSSR count). The summed E-state index contributed by atoms with van der Waals surface area (Å²) in [6.45, 7) is 7.05. The van der Waals surface area contributed by atoms with Crippen molar-refractivity contribution < 1.29 is 5.11 Å². The van der Waals surface area contributed by atoms with Crippen molar-refractivity contribution in [2.45, 2.75) is 32.9 Å². The third-order valence-corrected chi connectivity index (χ3v) is 5.27. The van der Waals surface area contributed by atoms with Gasteiger partial charge < -0.3 is 15.3 Å². The van der Waals surface area contributed by atoms with Crippen LogP contribution in [0.4, 0.5) is 0 Å². The number of hydrogen-bond acceptors (Lipinski definition) is 4.